The maximum absolute atomic E-state index is 12.3. The van der Waals surface area contributed by atoms with Crippen molar-refractivity contribution in [2.45, 2.75) is 39.2 Å². The molecule has 0 saturated heterocycles. The number of nitrogens with two attached hydrogens (primary N) is 1. The standard InChI is InChI=1S/C17H24N4OS/c1-12(2)9-17(3,11-18)21-15(22)8-13-10-23-16(20-13)14-6-4-5-7-19-14/h4-7,10,12H,8-9,11,18H2,1-3H3,(H,21,22). The van der Waals surface area contributed by atoms with E-state index in [9.17, 15) is 4.79 Å². The molecule has 0 radical (unpaired) electrons. The average Bonchev–Trinajstić information content (AvgIpc) is 2.95. The Bertz CT molecular complexity index is 641. The summed E-state index contributed by atoms with van der Waals surface area (Å²) in [5.74, 6) is 0.426. The van der Waals surface area contributed by atoms with Crippen molar-refractivity contribution in [1.82, 2.24) is 15.3 Å². The monoisotopic (exact) mass is 332 g/mol. The van der Waals surface area contributed by atoms with Gasteiger partial charge in [0.2, 0.25) is 5.91 Å². The van der Waals surface area contributed by atoms with Crippen LogP contribution in [0.4, 0.5) is 0 Å². The van der Waals surface area contributed by atoms with Crippen LogP contribution in [-0.4, -0.2) is 28.0 Å². The molecule has 5 nitrogen and oxygen atoms in total. The minimum absolute atomic E-state index is 0.0449. The Labute approximate surface area is 141 Å². The fraction of sp³-hybridized carbons (Fsp3) is 0.471. The molecule has 1 unspecified atom stereocenters. The van der Waals surface area contributed by atoms with Crippen molar-refractivity contribution in [3.05, 3.63) is 35.5 Å². The zero-order valence-electron chi connectivity index (χ0n) is 13.9. The molecule has 2 aromatic rings. The van der Waals surface area contributed by atoms with E-state index in [0.29, 0.717) is 12.5 Å². The third-order valence-electron chi connectivity index (χ3n) is 3.53. The maximum atomic E-state index is 12.3. The van der Waals surface area contributed by atoms with Crippen LogP contribution in [0.3, 0.4) is 0 Å². The number of hydrogen-bond acceptors (Lipinski definition) is 5. The van der Waals surface area contributed by atoms with Crippen molar-refractivity contribution >= 4 is 17.2 Å². The predicted octanol–water partition coefficient (Wildman–Crippen LogP) is 2.63. The minimum atomic E-state index is -0.370. The van der Waals surface area contributed by atoms with Gasteiger partial charge in [0.25, 0.3) is 0 Å². The van der Waals surface area contributed by atoms with Crippen LogP contribution in [0.2, 0.25) is 0 Å². The van der Waals surface area contributed by atoms with Gasteiger partial charge in [0.05, 0.1) is 17.8 Å². The molecule has 0 aromatic carbocycles. The summed E-state index contributed by atoms with van der Waals surface area (Å²) in [6.45, 7) is 6.66. The second-order valence-corrected chi connectivity index (χ2v) is 7.30. The minimum Gasteiger partial charge on any atom is -0.349 e. The number of pyridine rings is 1. The summed E-state index contributed by atoms with van der Waals surface area (Å²) in [4.78, 5) is 21.1. The largest absolute Gasteiger partial charge is 0.349 e. The average molecular weight is 332 g/mol. The molecule has 6 heteroatoms. The van der Waals surface area contributed by atoms with Gasteiger partial charge in [-0.3, -0.25) is 9.78 Å². The van der Waals surface area contributed by atoms with Crippen molar-refractivity contribution in [3.8, 4) is 10.7 Å². The first-order chi connectivity index (χ1) is 10.9. The van der Waals surface area contributed by atoms with Gasteiger partial charge in [-0.25, -0.2) is 4.98 Å². The van der Waals surface area contributed by atoms with Gasteiger partial charge >= 0.3 is 0 Å². The van der Waals surface area contributed by atoms with E-state index in [1.807, 2.05) is 30.5 Å². The number of amides is 1. The molecule has 1 atom stereocenters. The lowest BCUT2D eigenvalue weighted by atomic mass is 9.90. The number of rotatable bonds is 7. The SMILES string of the molecule is CC(C)CC(C)(CN)NC(=O)Cc1csc(-c2ccccn2)n1. The van der Waals surface area contributed by atoms with Crippen LogP contribution in [0, 0.1) is 5.92 Å². The number of carbonyl (C=O) groups is 1. The Morgan fingerprint density at radius 2 is 2.22 bits per heavy atom. The van der Waals surface area contributed by atoms with Crippen molar-refractivity contribution in [2.75, 3.05) is 6.54 Å². The number of aromatic nitrogens is 2. The van der Waals surface area contributed by atoms with E-state index >= 15 is 0 Å². The Morgan fingerprint density at radius 1 is 1.43 bits per heavy atom. The highest BCUT2D eigenvalue weighted by atomic mass is 32.1. The molecule has 3 N–H and O–H groups in total. The normalized spacial score (nSPS) is 13.8. The highest BCUT2D eigenvalue weighted by Crippen LogP contribution is 2.22. The Balaban J connectivity index is 1.99. The topological polar surface area (TPSA) is 80.9 Å². The zero-order valence-corrected chi connectivity index (χ0v) is 14.7. The third kappa shape index (κ3) is 5.11. The molecular weight excluding hydrogens is 308 g/mol. The van der Waals surface area contributed by atoms with Crippen LogP contribution < -0.4 is 11.1 Å². The van der Waals surface area contributed by atoms with Crippen LogP contribution in [0.15, 0.2) is 29.8 Å². The summed E-state index contributed by atoms with van der Waals surface area (Å²) >= 11 is 1.50. The fourth-order valence-electron chi connectivity index (χ4n) is 2.63. The van der Waals surface area contributed by atoms with Gasteiger partial charge in [-0.2, -0.15) is 0 Å². The molecule has 124 valence electrons. The summed E-state index contributed by atoms with van der Waals surface area (Å²) < 4.78 is 0. The zero-order chi connectivity index (χ0) is 16.9. The molecule has 0 saturated carbocycles. The number of hydrogen-bond donors (Lipinski definition) is 2. The molecule has 0 spiro atoms. The van der Waals surface area contributed by atoms with Crippen molar-refractivity contribution < 1.29 is 4.79 Å². The summed E-state index contributed by atoms with van der Waals surface area (Å²) in [6.07, 6.45) is 2.85. The van der Waals surface area contributed by atoms with Crippen molar-refractivity contribution in [1.29, 1.82) is 0 Å². The molecule has 1 amide bonds. The molecule has 0 fully saturated rings. The van der Waals surface area contributed by atoms with Gasteiger partial charge in [0.15, 0.2) is 0 Å². The van der Waals surface area contributed by atoms with Gasteiger partial charge in [0, 0.05) is 23.7 Å². The van der Waals surface area contributed by atoms with E-state index in [1.165, 1.54) is 11.3 Å². The molecule has 2 rings (SSSR count). The van der Waals surface area contributed by atoms with Gasteiger partial charge in [0.1, 0.15) is 5.01 Å². The molecule has 0 aliphatic rings. The number of nitrogens with one attached hydrogen (secondary N) is 1. The lowest BCUT2D eigenvalue weighted by molar-refractivity contribution is -0.122. The quantitative estimate of drug-likeness (QED) is 0.817. The van der Waals surface area contributed by atoms with Gasteiger partial charge in [-0.1, -0.05) is 19.9 Å². The Morgan fingerprint density at radius 3 is 2.83 bits per heavy atom. The van der Waals surface area contributed by atoms with Crippen LogP contribution in [0.1, 0.15) is 32.9 Å². The second-order valence-electron chi connectivity index (χ2n) is 6.45. The lowest BCUT2D eigenvalue weighted by Crippen LogP contribution is -2.52. The first-order valence-corrected chi connectivity index (χ1v) is 8.67. The van der Waals surface area contributed by atoms with Crippen molar-refractivity contribution in [2.24, 2.45) is 11.7 Å². The Hall–Kier alpha value is -1.79. The van der Waals surface area contributed by atoms with E-state index in [4.69, 9.17) is 5.73 Å². The van der Waals surface area contributed by atoms with Crippen LogP contribution in [0.5, 0.6) is 0 Å². The molecule has 2 heterocycles. The van der Waals surface area contributed by atoms with Crippen molar-refractivity contribution in [3.63, 3.8) is 0 Å². The van der Waals surface area contributed by atoms with E-state index in [0.717, 1.165) is 22.8 Å². The summed E-state index contributed by atoms with van der Waals surface area (Å²) in [5, 5.41) is 5.80. The van der Waals surface area contributed by atoms with Gasteiger partial charge in [-0.15, -0.1) is 11.3 Å². The van der Waals surface area contributed by atoms with E-state index in [2.05, 4.69) is 29.1 Å². The first-order valence-electron chi connectivity index (χ1n) is 7.79. The smallest absolute Gasteiger partial charge is 0.226 e. The highest BCUT2D eigenvalue weighted by molar-refractivity contribution is 7.13. The van der Waals surface area contributed by atoms with Crippen LogP contribution in [-0.2, 0) is 11.2 Å². The molecule has 0 aliphatic heterocycles. The van der Waals surface area contributed by atoms with Gasteiger partial charge < -0.3 is 11.1 Å². The van der Waals surface area contributed by atoms with Gasteiger partial charge in [-0.05, 0) is 31.4 Å². The number of carbonyl (C=O) groups excluding carboxylic acids is 1. The fourth-order valence-corrected chi connectivity index (χ4v) is 3.42. The van der Waals surface area contributed by atoms with E-state index in [-0.39, 0.29) is 17.9 Å². The number of thiazole rings is 1. The summed E-state index contributed by atoms with van der Waals surface area (Å²) in [6, 6.07) is 5.71. The predicted molar refractivity (Wildman–Crippen MR) is 94.1 cm³/mol. The van der Waals surface area contributed by atoms with Crippen LogP contribution >= 0.6 is 11.3 Å². The first kappa shape index (κ1) is 17.6. The second kappa shape index (κ2) is 7.66. The van der Waals surface area contributed by atoms with E-state index in [1.54, 1.807) is 6.20 Å². The summed E-state index contributed by atoms with van der Waals surface area (Å²) in [5.41, 5.74) is 7.06. The van der Waals surface area contributed by atoms with Crippen LogP contribution in [0.25, 0.3) is 10.7 Å². The molecule has 0 aliphatic carbocycles. The maximum Gasteiger partial charge on any atom is 0.226 e. The van der Waals surface area contributed by atoms with E-state index < -0.39 is 0 Å². The lowest BCUT2D eigenvalue weighted by Gasteiger charge is -2.31. The Kier molecular flexibility index (Phi) is 5.85. The summed E-state index contributed by atoms with van der Waals surface area (Å²) in [7, 11) is 0. The molecular formula is C17H24N4OS. The number of nitrogens with zero attached hydrogens (tertiary/aromatic N) is 2. The highest BCUT2D eigenvalue weighted by Gasteiger charge is 2.26. The molecule has 2 aromatic heterocycles. The molecule has 23 heavy (non-hydrogen) atoms. The third-order valence-corrected chi connectivity index (χ3v) is 4.44. The molecule has 0 bridgehead atoms.